The predicted molar refractivity (Wildman–Crippen MR) is 70.2 cm³/mol. The molecule has 2 heterocycles. The Bertz CT molecular complexity index is 626. The Labute approximate surface area is 111 Å². The van der Waals surface area contributed by atoms with Gasteiger partial charge in [0.25, 0.3) is 11.8 Å². The van der Waals surface area contributed by atoms with Gasteiger partial charge in [0.1, 0.15) is 5.69 Å². The van der Waals surface area contributed by atoms with Gasteiger partial charge in [-0.2, -0.15) is 0 Å². The highest BCUT2D eigenvalue weighted by Gasteiger charge is 2.27. The van der Waals surface area contributed by atoms with Crippen LogP contribution < -0.4 is 5.73 Å². The van der Waals surface area contributed by atoms with E-state index in [0.717, 1.165) is 16.8 Å². The lowest BCUT2D eigenvalue weighted by Crippen LogP contribution is -2.18. The zero-order valence-electron chi connectivity index (χ0n) is 11.2. The average Bonchev–Trinajstić information content (AvgIpc) is 2.60. The quantitative estimate of drug-likeness (QED) is 0.747. The second-order valence-corrected chi connectivity index (χ2v) is 4.71. The van der Waals surface area contributed by atoms with Crippen LogP contribution in [0.4, 0.5) is 0 Å². The van der Waals surface area contributed by atoms with Crippen molar-refractivity contribution in [2.45, 2.75) is 26.3 Å². The molecule has 2 rings (SSSR count). The van der Waals surface area contributed by atoms with Crippen LogP contribution in [-0.4, -0.2) is 28.7 Å². The molecule has 19 heavy (non-hydrogen) atoms. The lowest BCUT2D eigenvalue weighted by molar-refractivity contribution is -0.112. The average molecular weight is 257 g/mol. The molecule has 0 saturated carbocycles. The van der Waals surface area contributed by atoms with E-state index in [9.17, 15) is 9.59 Å². The molecular formula is C14H15N3O2. The molecule has 0 fully saturated rings. The topological polar surface area (TPSA) is 76.3 Å². The molecule has 5 nitrogen and oxygen atoms in total. The normalized spacial score (nSPS) is 14.7. The van der Waals surface area contributed by atoms with Crippen molar-refractivity contribution in [1.29, 1.82) is 0 Å². The van der Waals surface area contributed by atoms with Gasteiger partial charge < -0.3 is 10.6 Å². The van der Waals surface area contributed by atoms with Crippen molar-refractivity contribution in [2.75, 3.05) is 7.05 Å². The summed E-state index contributed by atoms with van der Waals surface area (Å²) in [5.41, 5.74) is 8.09. The first-order valence-corrected chi connectivity index (χ1v) is 5.97. The first kappa shape index (κ1) is 13.1. The summed E-state index contributed by atoms with van der Waals surface area (Å²) in [5, 5.41) is 0. The number of pyridine rings is 1. The molecule has 98 valence electrons. The molecule has 0 radical (unpaired) electrons. The maximum atomic E-state index is 11.9. The summed E-state index contributed by atoms with van der Waals surface area (Å²) < 4.78 is 0. The number of fused-ring (bicyclic) bond motifs is 1. The molecule has 2 amide bonds. The Morgan fingerprint density at radius 1 is 1.58 bits per heavy atom. The van der Waals surface area contributed by atoms with Crippen molar-refractivity contribution in [3.63, 3.8) is 0 Å². The van der Waals surface area contributed by atoms with Crippen molar-refractivity contribution >= 4 is 11.8 Å². The molecule has 1 aliphatic rings. The molecule has 0 aliphatic carbocycles. The van der Waals surface area contributed by atoms with E-state index in [1.807, 2.05) is 19.9 Å². The van der Waals surface area contributed by atoms with E-state index < -0.39 is 5.91 Å². The highest BCUT2D eigenvalue weighted by molar-refractivity contribution is 5.96. The van der Waals surface area contributed by atoms with Crippen LogP contribution in [0.1, 0.15) is 40.2 Å². The minimum atomic E-state index is -0.665. The monoisotopic (exact) mass is 257 g/mol. The fraction of sp³-hybridized carbons (Fsp3) is 0.357. The Hall–Kier alpha value is -2.35. The van der Waals surface area contributed by atoms with E-state index in [4.69, 9.17) is 5.73 Å². The van der Waals surface area contributed by atoms with E-state index in [-0.39, 0.29) is 11.8 Å². The van der Waals surface area contributed by atoms with E-state index in [0.29, 0.717) is 12.2 Å². The molecule has 1 aromatic heterocycles. The van der Waals surface area contributed by atoms with E-state index in [2.05, 4.69) is 16.8 Å². The highest BCUT2D eigenvalue weighted by atomic mass is 16.2. The molecule has 0 saturated heterocycles. The van der Waals surface area contributed by atoms with Crippen LogP contribution in [0.15, 0.2) is 6.07 Å². The molecule has 0 spiro atoms. The molecule has 1 atom stereocenters. The summed E-state index contributed by atoms with van der Waals surface area (Å²) in [6.07, 6.45) is 0. The largest absolute Gasteiger partial charge is 0.359 e. The van der Waals surface area contributed by atoms with Gasteiger partial charge in [-0.1, -0.05) is 12.0 Å². The fourth-order valence-electron chi connectivity index (χ4n) is 2.18. The van der Waals surface area contributed by atoms with E-state index in [1.165, 1.54) is 0 Å². The molecule has 0 bridgehead atoms. The number of carbonyl (C=O) groups excluding carboxylic acids is 2. The second kappa shape index (κ2) is 4.73. The molecule has 1 aromatic rings. The van der Waals surface area contributed by atoms with Gasteiger partial charge in [0, 0.05) is 19.2 Å². The zero-order valence-corrected chi connectivity index (χ0v) is 11.2. The lowest BCUT2D eigenvalue weighted by Gasteiger charge is -2.09. The molecule has 5 heteroatoms. The van der Waals surface area contributed by atoms with Crippen LogP contribution in [0.25, 0.3) is 0 Å². The number of primary amides is 1. The summed E-state index contributed by atoms with van der Waals surface area (Å²) in [4.78, 5) is 28.6. The third kappa shape index (κ3) is 2.43. The number of amides is 2. The van der Waals surface area contributed by atoms with Crippen LogP contribution in [0.5, 0.6) is 0 Å². The van der Waals surface area contributed by atoms with Crippen molar-refractivity contribution in [2.24, 2.45) is 5.73 Å². The minimum Gasteiger partial charge on any atom is -0.359 e. The molecule has 2 N–H and O–H groups in total. The zero-order chi connectivity index (χ0) is 14.2. The lowest BCUT2D eigenvalue weighted by atomic mass is 10.0. The summed E-state index contributed by atoms with van der Waals surface area (Å²) in [6.45, 7) is 4.35. The standard InChI is InChI=1S/C14H15N3O2/c1-8(4-5-11(15)18)12-9(2)6-10-7-17(3)14(19)13(10)16-12/h6,8H,7H2,1-3H3,(H2,15,18). The van der Waals surface area contributed by atoms with Gasteiger partial charge in [-0.3, -0.25) is 9.59 Å². The van der Waals surface area contributed by atoms with Gasteiger partial charge >= 0.3 is 0 Å². The molecule has 0 aromatic carbocycles. The molecular weight excluding hydrogens is 242 g/mol. The number of rotatable bonds is 1. The number of hydrogen-bond acceptors (Lipinski definition) is 3. The van der Waals surface area contributed by atoms with Crippen LogP contribution >= 0.6 is 0 Å². The number of nitrogens with two attached hydrogens (primary N) is 1. The van der Waals surface area contributed by atoms with Crippen LogP contribution in [0, 0.1) is 18.8 Å². The number of hydrogen-bond donors (Lipinski definition) is 1. The van der Waals surface area contributed by atoms with Gasteiger partial charge in [0.05, 0.1) is 11.6 Å². The number of aryl methyl sites for hydroxylation is 1. The van der Waals surface area contributed by atoms with Gasteiger partial charge in [-0.05, 0) is 25.3 Å². The number of carbonyl (C=O) groups is 2. The number of nitrogens with zero attached hydrogens (tertiary/aromatic N) is 2. The van der Waals surface area contributed by atoms with Crippen LogP contribution in [0.2, 0.25) is 0 Å². The predicted octanol–water partition coefficient (Wildman–Crippen LogP) is 0.568. The summed E-state index contributed by atoms with van der Waals surface area (Å²) >= 11 is 0. The fourth-order valence-corrected chi connectivity index (χ4v) is 2.18. The van der Waals surface area contributed by atoms with E-state index >= 15 is 0 Å². The van der Waals surface area contributed by atoms with Gasteiger partial charge in [-0.15, -0.1) is 0 Å². The first-order valence-electron chi connectivity index (χ1n) is 5.97. The smallest absolute Gasteiger partial charge is 0.293 e. The number of aromatic nitrogens is 1. The van der Waals surface area contributed by atoms with Crippen molar-refractivity contribution in [3.05, 3.63) is 28.6 Å². The summed E-state index contributed by atoms with van der Waals surface area (Å²) in [5.74, 6) is 4.07. The minimum absolute atomic E-state index is 0.0775. The third-order valence-electron chi connectivity index (χ3n) is 3.11. The van der Waals surface area contributed by atoms with Gasteiger partial charge in [0.2, 0.25) is 0 Å². The first-order chi connectivity index (χ1) is 8.90. The second-order valence-electron chi connectivity index (χ2n) is 4.71. The third-order valence-corrected chi connectivity index (χ3v) is 3.11. The maximum absolute atomic E-state index is 11.9. The van der Waals surface area contributed by atoms with Crippen molar-refractivity contribution < 1.29 is 9.59 Å². The summed E-state index contributed by atoms with van der Waals surface area (Å²) in [7, 11) is 1.75. The highest BCUT2D eigenvalue weighted by Crippen LogP contribution is 2.25. The SMILES string of the molecule is Cc1cc2c(nc1C(C)C#CC(N)=O)C(=O)N(C)C2. The Morgan fingerprint density at radius 3 is 2.89 bits per heavy atom. The van der Waals surface area contributed by atoms with Gasteiger partial charge in [-0.25, -0.2) is 4.98 Å². The van der Waals surface area contributed by atoms with Crippen molar-refractivity contribution in [1.82, 2.24) is 9.88 Å². The Kier molecular flexibility index (Phi) is 3.26. The molecule has 1 aliphatic heterocycles. The Morgan fingerprint density at radius 2 is 2.26 bits per heavy atom. The summed E-state index contributed by atoms with van der Waals surface area (Å²) in [6, 6.07) is 1.96. The van der Waals surface area contributed by atoms with E-state index in [1.54, 1.807) is 11.9 Å². The van der Waals surface area contributed by atoms with Crippen LogP contribution in [-0.2, 0) is 11.3 Å². The molecule has 1 unspecified atom stereocenters. The van der Waals surface area contributed by atoms with Gasteiger partial charge in [0.15, 0.2) is 0 Å². The maximum Gasteiger partial charge on any atom is 0.293 e. The Balaban J connectivity index is 2.42. The van der Waals surface area contributed by atoms with Crippen LogP contribution in [0.3, 0.4) is 0 Å². The van der Waals surface area contributed by atoms with Crippen molar-refractivity contribution in [3.8, 4) is 11.8 Å².